The molecule has 1 aliphatic rings. The van der Waals surface area contributed by atoms with Gasteiger partial charge in [0.15, 0.2) is 0 Å². The van der Waals surface area contributed by atoms with Crippen LogP contribution in [0.4, 0.5) is 4.79 Å². The first-order valence-corrected chi connectivity index (χ1v) is 13.7. The van der Waals surface area contributed by atoms with E-state index in [1.807, 2.05) is 42.5 Å². The summed E-state index contributed by atoms with van der Waals surface area (Å²) < 4.78 is 5.29. The molecule has 38 heavy (non-hydrogen) atoms. The fourth-order valence-corrected chi connectivity index (χ4v) is 4.90. The summed E-state index contributed by atoms with van der Waals surface area (Å²) in [6.07, 6.45) is 4.02. The van der Waals surface area contributed by atoms with Gasteiger partial charge in [-0.1, -0.05) is 68.7 Å². The number of nitrogens with two attached hydrogens (primary N) is 1. The number of rotatable bonds is 12. The number of benzene rings is 2. The van der Waals surface area contributed by atoms with Gasteiger partial charge < -0.3 is 31.1 Å². The Kier molecular flexibility index (Phi) is 11.4. The topological polar surface area (TPSA) is 134 Å². The second-order valence-electron chi connectivity index (χ2n) is 10.1. The van der Waals surface area contributed by atoms with E-state index in [0.29, 0.717) is 0 Å². The van der Waals surface area contributed by atoms with Crippen molar-refractivity contribution in [1.82, 2.24) is 15.5 Å². The molecule has 0 spiro atoms. The Morgan fingerprint density at radius 1 is 1.08 bits per heavy atom. The van der Waals surface area contributed by atoms with Crippen LogP contribution in [0.1, 0.15) is 51.5 Å². The number of hydrogen-bond donors (Lipinski definition) is 4. The summed E-state index contributed by atoms with van der Waals surface area (Å²) in [6, 6.07) is 13.1. The van der Waals surface area contributed by atoms with Crippen LogP contribution in [0.3, 0.4) is 0 Å². The van der Waals surface area contributed by atoms with Crippen molar-refractivity contribution in [2.24, 2.45) is 11.7 Å². The van der Waals surface area contributed by atoms with Crippen LogP contribution in [0.15, 0.2) is 42.5 Å². The predicted octanol–water partition coefficient (Wildman–Crippen LogP) is 2.73. The van der Waals surface area contributed by atoms with Gasteiger partial charge in [0.2, 0.25) is 11.8 Å². The second kappa shape index (κ2) is 14.7. The molecule has 9 heteroatoms. The number of hydrogen-bond acceptors (Lipinski definition) is 6. The van der Waals surface area contributed by atoms with Crippen LogP contribution in [0.5, 0.6) is 0 Å². The van der Waals surface area contributed by atoms with Gasteiger partial charge in [0.05, 0.1) is 18.6 Å². The SMILES string of the molecule is CCOC(=O)N(CC(C)C(=O)NC(Cc1ccc2ccccc2c1)C(=O)NC[C@H](O)CN)C1CCCCC1. The maximum Gasteiger partial charge on any atom is 0.410 e. The summed E-state index contributed by atoms with van der Waals surface area (Å²) in [6.45, 7) is 4.02. The highest BCUT2D eigenvalue weighted by Crippen LogP contribution is 2.24. The third-order valence-corrected chi connectivity index (χ3v) is 7.11. The van der Waals surface area contributed by atoms with Crippen LogP contribution in [0.25, 0.3) is 10.8 Å². The standard InChI is InChI=1S/C29H42N4O5/c1-3-38-29(37)33(24-11-5-4-6-12-24)19-20(2)27(35)32-26(28(36)31-18-25(34)17-30)16-21-13-14-22-9-7-8-10-23(22)15-21/h7-10,13-15,20,24-26,34H,3-6,11-12,16-19,30H2,1-2H3,(H,31,36)(H,32,35)/t20?,25-,26?/m1/s1. The smallest absolute Gasteiger partial charge is 0.410 e. The highest BCUT2D eigenvalue weighted by molar-refractivity contribution is 5.89. The minimum Gasteiger partial charge on any atom is -0.450 e. The number of amides is 3. The maximum absolute atomic E-state index is 13.3. The van der Waals surface area contributed by atoms with Crippen molar-refractivity contribution in [3.8, 4) is 0 Å². The molecule has 1 fully saturated rings. The van der Waals surface area contributed by atoms with Crippen LogP contribution in [0.2, 0.25) is 0 Å². The molecule has 2 aromatic rings. The van der Waals surface area contributed by atoms with Gasteiger partial charge in [-0.15, -0.1) is 0 Å². The largest absolute Gasteiger partial charge is 0.450 e. The van der Waals surface area contributed by atoms with Gasteiger partial charge in [0, 0.05) is 32.1 Å². The third-order valence-electron chi connectivity index (χ3n) is 7.11. The van der Waals surface area contributed by atoms with Crippen molar-refractivity contribution in [2.45, 2.75) is 70.6 Å². The molecule has 3 rings (SSSR count). The first-order valence-electron chi connectivity index (χ1n) is 13.7. The maximum atomic E-state index is 13.3. The van der Waals surface area contributed by atoms with E-state index >= 15 is 0 Å². The van der Waals surface area contributed by atoms with Crippen molar-refractivity contribution in [3.05, 3.63) is 48.0 Å². The lowest BCUT2D eigenvalue weighted by atomic mass is 9.93. The second-order valence-corrected chi connectivity index (χ2v) is 10.1. The summed E-state index contributed by atoms with van der Waals surface area (Å²) in [7, 11) is 0. The van der Waals surface area contributed by atoms with Gasteiger partial charge in [-0.05, 0) is 36.1 Å². The lowest BCUT2D eigenvalue weighted by Gasteiger charge is -2.35. The van der Waals surface area contributed by atoms with E-state index in [4.69, 9.17) is 10.5 Å². The van der Waals surface area contributed by atoms with Crippen molar-refractivity contribution in [2.75, 3.05) is 26.2 Å². The van der Waals surface area contributed by atoms with E-state index in [-0.39, 0.29) is 44.6 Å². The molecule has 1 saturated carbocycles. The number of nitrogens with zero attached hydrogens (tertiary/aromatic N) is 1. The summed E-state index contributed by atoms with van der Waals surface area (Å²) >= 11 is 0. The number of fused-ring (bicyclic) bond motifs is 1. The normalized spacial score (nSPS) is 16.3. The predicted molar refractivity (Wildman–Crippen MR) is 147 cm³/mol. The molecule has 0 radical (unpaired) electrons. The van der Waals surface area contributed by atoms with Crippen LogP contribution >= 0.6 is 0 Å². The number of aliphatic hydroxyl groups excluding tert-OH is 1. The van der Waals surface area contributed by atoms with E-state index in [9.17, 15) is 19.5 Å². The Labute approximate surface area is 225 Å². The molecular weight excluding hydrogens is 484 g/mol. The molecule has 1 aliphatic carbocycles. The Balaban J connectivity index is 1.73. The Hall–Kier alpha value is -3.17. The van der Waals surface area contributed by atoms with E-state index in [1.54, 1.807) is 18.7 Å². The zero-order valence-corrected chi connectivity index (χ0v) is 22.5. The monoisotopic (exact) mass is 526 g/mol. The number of carbonyl (C=O) groups is 3. The average molecular weight is 527 g/mol. The van der Waals surface area contributed by atoms with Crippen LogP contribution in [-0.4, -0.2) is 72.3 Å². The molecule has 3 amide bonds. The van der Waals surface area contributed by atoms with Gasteiger partial charge >= 0.3 is 6.09 Å². The Bertz CT molecular complexity index is 1070. The lowest BCUT2D eigenvalue weighted by molar-refractivity contribution is -0.131. The molecule has 0 aromatic heterocycles. The van der Waals surface area contributed by atoms with Crippen molar-refractivity contribution in [1.29, 1.82) is 0 Å². The number of carbonyl (C=O) groups excluding carboxylic acids is 3. The summed E-state index contributed by atoms with van der Waals surface area (Å²) in [5.41, 5.74) is 6.37. The van der Waals surface area contributed by atoms with Crippen LogP contribution in [0, 0.1) is 5.92 Å². The summed E-state index contributed by atoms with van der Waals surface area (Å²) in [5.74, 6) is -1.28. The van der Waals surface area contributed by atoms with Crippen molar-refractivity contribution >= 4 is 28.7 Å². The first kappa shape index (κ1) is 29.4. The quantitative estimate of drug-likeness (QED) is 0.336. The molecule has 208 valence electrons. The van der Waals surface area contributed by atoms with E-state index in [0.717, 1.165) is 48.4 Å². The summed E-state index contributed by atoms with van der Waals surface area (Å²) in [5, 5.41) is 17.5. The van der Waals surface area contributed by atoms with Gasteiger partial charge in [-0.25, -0.2) is 4.79 Å². The molecule has 5 N–H and O–H groups in total. The minimum atomic E-state index is -0.872. The van der Waals surface area contributed by atoms with Crippen molar-refractivity contribution < 1.29 is 24.2 Å². The van der Waals surface area contributed by atoms with Gasteiger partial charge in [0.25, 0.3) is 0 Å². The summed E-state index contributed by atoms with van der Waals surface area (Å²) in [4.78, 5) is 40.8. The fraction of sp³-hybridized carbons (Fsp3) is 0.552. The average Bonchev–Trinajstić information content (AvgIpc) is 2.94. The zero-order valence-electron chi connectivity index (χ0n) is 22.5. The van der Waals surface area contributed by atoms with Gasteiger partial charge in [0.1, 0.15) is 6.04 Å². The van der Waals surface area contributed by atoms with Crippen molar-refractivity contribution in [3.63, 3.8) is 0 Å². The Morgan fingerprint density at radius 2 is 1.79 bits per heavy atom. The van der Waals surface area contributed by atoms with Gasteiger partial charge in [-0.3, -0.25) is 9.59 Å². The molecule has 9 nitrogen and oxygen atoms in total. The molecule has 2 aromatic carbocycles. The van der Waals surface area contributed by atoms with E-state index in [1.165, 1.54) is 0 Å². The van der Waals surface area contributed by atoms with E-state index in [2.05, 4.69) is 10.6 Å². The molecule has 0 heterocycles. The van der Waals surface area contributed by atoms with Gasteiger partial charge in [-0.2, -0.15) is 0 Å². The number of aliphatic hydroxyl groups is 1. The molecule has 3 atom stereocenters. The Morgan fingerprint density at radius 3 is 2.47 bits per heavy atom. The fourth-order valence-electron chi connectivity index (χ4n) is 4.90. The molecule has 0 aliphatic heterocycles. The van der Waals surface area contributed by atoms with Crippen LogP contribution in [-0.2, 0) is 20.7 Å². The highest BCUT2D eigenvalue weighted by Gasteiger charge is 2.31. The molecular formula is C29H42N4O5. The first-order chi connectivity index (χ1) is 18.3. The zero-order chi connectivity index (χ0) is 27.5. The molecule has 0 saturated heterocycles. The third kappa shape index (κ3) is 8.43. The number of ether oxygens (including phenoxy) is 1. The highest BCUT2D eigenvalue weighted by atomic mass is 16.6. The lowest BCUT2D eigenvalue weighted by Crippen LogP contribution is -2.53. The number of nitrogens with one attached hydrogen (secondary N) is 2. The van der Waals surface area contributed by atoms with Crippen LogP contribution < -0.4 is 16.4 Å². The minimum absolute atomic E-state index is 0.00665. The molecule has 0 bridgehead atoms. The molecule has 2 unspecified atom stereocenters. The van der Waals surface area contributed by atoms with E-state index < -0.39 is 30.1 Å².